The predicted molar refractivity (Wildman–Crippen MR) is 126 cm³/mol. The Morgan fingerprint density at radius 1 is 1.12 bits per heavy atom. The minimum absolute atomic E-state index is 0.00274. The van der Waals surface area contributed by atoms with E-state index in [1.54, 1.807) is 4.90 Å². The Bertz CT molecular complexity index is 1090. The number of aliphatic carboxylic acids is 1. The lowest BCUT2D eigenvalue weighted by Crippen LogP contribution is -2.38. The molecule has 2 aromatic carbocycles. The summed E-state index contributed by atoms with van der Waals surface area (Å²) in [5, 5.41) is 12.3. The molecule has 3 unspecified atom stereocenters. The molecule has 2 aromatic rings. The lowest BCUT2D eigenvalue weighted by Gasteiger charge is -2.22. The smallest absolute Gasteiger partial charge is 0.407 e. The molecule has 2 fully saturated rings. The van der Waals surface area contributed by atoms with E-state index in [2.05, 4.69) is 29.6 Å². The van der Waals surface area contributed by atoms with Gasteiger partial charge < -0.3 is 20.1 Å². The Morgan fingerprint density at radius 3 is 2.35 bits per heavy atom. The van der Waals surface area contributed by atoms with Crippen molar-refractivity contribution in [3.05, 3.63) is 59.7 Å². The normalized spacial score (nSPS) is 23.0. The molecule has 2 N–H and O–H groups in total. The van der Waals surface area contributed by atoms with Gasteiger partial charge in [0.15, 0.2) is 0 Å². The number of benzene rings is 2. The largest absolute Gasteiger partial charge is 0.481 e. The zero-order chi connectivity index (χ0) is 23.9. The van der Waals surface area contributed by atoms with Crippen molar-refractivity contribution < 1.29 is 24.2 Å². The number of carboxylic acids is 1. The maximum Gasteiger partial charge on any atom is 0.407 e. The first-order valence-corrected chi connectivity index (χ1v) is 12.1. The summed E-state index contributed by atoms with van der Waals surface area (Å²) < 4.78 is 5.63. The summed E-state index contributed by atoms with van der Waals surface area (Å²) >= 11 is 0. The Hall–Kier alpha value is -3.35. The number of nitrogens with one attached hydrogen (secondary N) is 1. The number of fused-ring (bicyclic) bond motifs is 4. The van der Waals surface area contributed by atoms with Gasteiger partial charge in [0.1, 0.15) is 6.61 Å². The summed E-state index contributed by atoms with van der Waals surface area (Å²) in [6.07, 6.45) is 1.66. The maximum atomic E-state index is 12.6. The first kappa shape index (κ1) is 22.4. The van der Waals surface area contributed by atoms with Crippen molar-refractivity contribution >= 4 is 18.0 Å². The van der Waals surface area contributed by atoms with Gasteiger partial charge in [0, 0.05) is 31.5 Å². The molecule has 0 bridgehead atoms. The summed E-state index contributed by atoms with van der Waals surface area (Å²) in [6.45, 7) is 3.05. The second-order valence-electron chi connectivity index (χ2n) is 9.75. The molecule has 3 aliphatic rings. The highest BCUT2D eigenvalue weighted by Gasteiger charge is 2.66. The van der Waals surface area contributed by atoms with Crippen molar-refractivity contribution in [3.63, 3.8) is 0 Å². The highest BCUT2D eigenvalue weighted by atomic mass is 16.5. The number of carbonyl (C=O) groups excluding carboxylic acids is 2. The molecule has 34 heavy (non-hydrogen) atoms. The number of piperidine rings is 1. The summed E-state index contributed by atoms with van der Waals surface area (Å²) in [5.74, 6) is -0.741. The van der Waals surface area contributed by atoms with Crippen LogP contribution in [0.25, 0.3) is 11.1 Å². The number of hydrogen-bond acceptors (Lipinski definition) is 4. The molecule has 2 amide bonds. The van der Waals surface area contributed by atoms with E-state index < -0.39 is 17.5 Å². The van der Waals surface area contributed by atoms with Crippen LogP contribution in [0.1, 0.15) is 49.7 Å². The highest BCUT2D eigenvalue weighted by Crippen LogP contribution is 2.58. The molecule has 3 atom stereocenters. The van der Waals surface area contributed by atoms with Crippen LogP contribution >= 0.6 is 0 Å². The number of alkyl carbamates (subject to hydrolysis) is 1. The molecule has 7 heteroatoms. The van der Waals surface area contributed by atoms with Crippen molar-refractivity contribution in [3.8, 4) is 11.1 Å². The fourth-order valence-corrected chi connectivity index (χ4v) is 5.65. The van der Waals surface area contributed by atoms with E-state index in [1.807, 2.05) is 31.2 Å². The topological polar surface area (TPSA) is 95.9 Å². The lowest BCUT2D eigenvalue weighted by molar-refractivity contribution is -0.144. The monoisotopic (exact) mass is 462 g/mol. The van der Waals surface area contributed by atoms with Crippen LogP contribution in [-0.2, 0) is 14.3 Å². The van der Waals surface area contributed by atoms with Gasteiger partial charge in [0.25, 0.3) is 0 Å². The van der Waals surface area contributed by atoms with Crippen LogP contribution in [-0.4, -0.2) is 53.7 Å². The van der Waals surface area contributed by atoms with Gasteiger partial charge in [-0.25, -0.2) is 4.79 Å². The third kappa shape index (κ3) is 3.93. The Labute approximate surface area is 199 Å². The van der Waals surface area contributed by atoms with Gasteiger partial charge >= 0.3 is 12.1 Å². The van der Waals surface area contributed by atoms with Crippen LogP contribution in [0, 0.1) is 11.3 Å². The van der Waals surface area contributed by atoms with Crippen LogP contribution in [0.15, 0.2) is 48.5 Å². The van der Waals surface area contributed by atoms with Crippen LogP contribution in [0.3, 0.4) is 0 Å². The zero-order valence-corrected chi connectivity index (χ0v) is 19.3. The number of ether oxygens (including phenoxy) is 1. The van der Waals surface area contributed by atoms with Gasteiger partial charge in [0.05, 0.1) is 5.41 Å². The van der Waals surface area contributed by atoms with Crippen molar-refractivity contribution in [2.75, 3.05) is 19.7 Å². The molecular weight excluding hydrogens is 432 g/mol. The van der Waals surface area contributed by atoms with E-state index in [0.717, 1.165) is 11.1 Å². The number of carboxylic acid groups (broad SMARTS) is 1. The molecule has 2 aliphatic carbocycles. The van der Waals surface area contributed by atoms with E-state index in [0.29, 0.717) is 32.4 Å². The molecule has 7 nitrogen and oxygen atoms in total. The zero-order valence-electron chi connectivity index (χ0n) is 19.3. The fourth-order valence-electron chi connectivity index (χ4n) is 5.65. The minimum atomic E-state index is -0.795. The second kappa shape index (κ2) is 8.78. The molecule has 0 spiro atoms. The third-order valence-electron chi connectivity index (χ3n) is 7.79. The van der Waals surface area contributed by atoms with Gasteiger partial charge in [-0.05, 0) is 47.4 Å². The molecule has 0 aromatic heterocycles. The van der Waals surface area contributed by atoms with Crippen molar-refractivity contribution in [1.29, 1.82) is 0 Å². The minimum Gasteiger partial charge on any atom is -0.481 e. The van der Waals surface area contributed by atoms with Crippen molar-refractivity contribution in [1.82, 2.24) is 10.2 Å². The summed E-state index contributed by atoms with van der Waals surface area (Å²) in [7, 11) is 0. The molecule has 0 radical (unpaired) electrons. The van der Waals surface area contributed by atoms with E-state index in [4.69, 9.17) is 4.74 Å². The van der Waals surface area contributed by atoms with Crippen LogP contribution < -0.4 is 5.32 Å². The van der Waals surface area contributed by atoms with Crippen LogP contribution in [0.2, 0.25) is 0 Å². The highest BCUT2D eigenvalue weighted by molar-refractivity contribution is 5.84. The van der Waals surface area contributed by atoms with Gasteiger partial charge in [-0.15, -0.1) is 0 Å². The molecule has 1 saturated heterocycles. The van der Waals surface area contributed by atoms with E-state index in [-0.39, 0.29) is 36.8 Å². The van der Waals surface area contributed by atoms with Gasteiger partial charge in [0.2, 0.25) is 5.91 Å². The van der Waals surface area contributed by atoms with Crippen LogP contribution in [0.4, 0.5) is 4.79 Å². The Kier molecular flexibility index (Phi) is 5.80. The van der Waals surface area contributed by atoms with Crippen molar-refractivity contribution in [2.45, 2.75) is 44.6 Å². The summed E-state index contributed by atoms with van der Waals surface area (Å²) in [4.78, 5) is 38.3. The molecule has 1 saturated carbocycles. The van der Waals surface area contributed by atoms with Gasteiger partial charge in [-0.3, -0.25) is 9.59 Å². The van der Waals surface area contributed by atoms with E-state index in [1.165, 1.54) is 11.1 Å². The average molecular weight is 463 g/mol. The SMILES string of the molecule is CCC(CCC(=O)N1CC2CC2(C(=O)O)C1)NC(=O)OCC1c2ccccc2-c2ccccc21. The molecule has 178 valence electrons. The quantitative estimate of drug-likeness (QED) is 0.618. The number of carbonyl (C=O) groups is 3. The first-order valence-electron chi connectivity index (χ1n) is 12.1. The van der Waals surface area contributed by atoms with Gasteiger partial charge in [-0.2, -0.15) is 0 Å². The number of nitrogens with zero attached hydrogens (tertiary/aromatic N) is 1. The molecular formula is C27H30N2O5. The van der Waals surface area contributed by atoms with Gasteiger partial charge in [-0.1, -0.05) is 55.5 Å². The third-order valence-corrected chi connectivity index (χ3v) is 7.79. The van der Waals surface area contributed by atoms with E-state index in [9.17, 15) is 19.5 Å². The summed E-state index contributed by atoms with van der Waals surface area (Å²) in [6, 6.07) is 16.2. The lowest BCUT2D eigenvalue weighted by atomic mass is 9.98. The molecule has 5 rings (SSSR count). The number of rotatable bonds is 8. The first-order chi connectivity index (χ1) is 16.4. The molecule has 1 aliphatic heterocycles. The average Bonchev–Trinajstić information content (AvgIpc) is 3.27. The number of amides is 2. The molecule has 1 heterocycles. The Morgan fingerprint density at radius 2 is 1.76 bits per heavy atom. The second-order valence-corrected chi connectivity index (χ2v) is 9.75. The fraction of sp³-hybridized carbons (Fsp3) is 0.444. The Balaban J connectivity index is 1.12. The van der Waals surface area contributed by atoms with Crippen LogP contribution in [0.5, 0.6) is 0 Å². The standard InChI is InChI=1S/C27H30N2O5/c1-2-18(11-12-24(30)29-14-17-13-27(17,16-29)25(31)32)28-26(33)34-15-23-21-9-5-3-7-19(21)20-8-4-6-10-22(20)23/h3-10,17-18,23H,2,11-16H2,1H3,(H,28,33)(H,31,32). The maximum absolute atomic E-state index is 12.6. The number of hydrogen-bond donors (Lipinski definition) is 2. The number of likely N-dealkylation sites (tertiary alicyclic amines) is 1. The summed E-state index contributed by atoms with van der Waals surface area (Å²) in [5.41, 5.74) is 3.98. The van der Waals surface area contributed by atoms with Crippen molar-refractivity contribution in [2.24, 2.45) is 11.3 Å². The van der Waals surface area contributed by atoms with E-state index >= 15 is 0 Å². The predicted octanol–water partition coefficient (Wildman–Crippen LogP) is 4.02.